The monoisotopic (exact) mass is 327 g/mol. The van der Waals surface area contributed by atoms with Crippen molar-refractivity contribution in [2.45, 2.75) is 58.6 Å². The molecule has 1 aliphatic rings. The van der Waals surface area contributed by atoms with Crippen LogP contribution in [0.5, 0.6) is 0 Å². The van der Waals surface area contributed by atoms with E-state index in [0.29, 0.717) is 0 Å². The van der Waals surface area contributed by atoms with Gasteiger partial charge in [-0.3, -0.25) is 0 Å². The van der Waals surface area contributed by atoms with E-state index in [1.807, 2.05) is 6.07 Å². The van der Waals surface area contributed by atoms with Gasteiger partial charge >= 0.3 is 0 Å². The maximum atomic E-state index is 9.78. The van der Waals surface area contributed by atoms with Crippen molar-refractivity contribution in [3.8, 4) is 0 Å². The summed E-state index contributed by atoms with van der Waals surface area (Å²) >= 11 is 3.44. The van der Waals surface area contributed by atoms with Gasteiger partial charge in [-0.1, -0.05) is 34.6 Å². The Morgan fingerprint density at radius 3 is 2.47 bits per heavy atom. The highest BCUT2D eigenvalue weighted by molar-refractivity contribution is 9.10. The third kappa shape index (κ3) is 2.92. The largest absolute Gasteiger partial charge is 0.392 e. The molecule has 2 N–H and O–H groups in total. The summed E-state index contributed by atoms with van der Waals surface area (Å²) in [7, 11) is 0. The molecule has 1 heterocycles. The standard InChI is InChI=1S/C14H22BrN3O/c1-13(2,3)12-17-10(15)7-11(18-12)16-8-6-9(19)14(8,4)5/h7-9,19H,6H2,1-5H3,(H,16,17,18). The SMILES string of the molecule is CC(C)(C)c1nc(Br)cc(NC2CC(O)C2(C)C)n1. The third-order valence-electron chi connectivity index (χ3n) is 3.90. The Labute approximate surface area is 123 Å². The van der Waals surface area contributed by atoms with Gasteiger partial charge in [-0.05, 0) is 22.4 Å². The first-order valence-corrected chi connectivity index (χ1v) is 7.39. The molecule has 5 heteroatoms. The van der Waals surface area contributed by atoms with Crippen molar-refractivity contribution in [2.75, 3.05) is 5.32 Å². The second-order valence-electron chi connectivity index (χ2n) is 6.92. The molecule has 1 aromatic rings. The van der Waals surface area contributed by atoms with Gasteiger partial charge in [-0.25, -0.2) is 9.97 Å². The van der Waals surface area contributed by atoms with Crippen LogP contribution in [0.3, 0.4) is 0 Å². The summed E-state index contributed by atoms with van der Waals surface area (Å²) in [5.74, 6) is 1.62. The number of aliphatic hydroxyl groups excluding tert-OH is 1. The van der Waals surface area contributed by atoms with Gasteiger partial charge in [0.15, 0.2) is 0 Å². The van der Waals surface area contributed by atoms with Crippen LogP contribution in [0, 0.1) is 5.41 Å². The first-order valence-electron chi connectivity index (χ1n) is 6.60. The van der Waals surface area contributed by atoms with Crippen molar-refractivity contribution < 1.29 is 5.11 Å². The summed E-state index contributed by atoms with van der Waals surface area (Å²) in [6, 6.07) is 2.13. The number of anilines is 1. The number of aliphatic hydroxyl groups is 1. The fourth-order valence-electron chi connectivity index (χ4n) is 2.15. The van der Waals surface area contributed by atoms with Crippen molar-refractivity contribution in [2.24, 2.45) is 5.41 Å². The predicted molar refractivity (Wildman–Crippen MR) is 80.2 cm³/mol. The highest BCUT2D eigenvalue weighted by Crippen LogP contribution is 2.42. The molecule has 0 aliphatic heterocycles. The van der Waals surface area contributed by atoms with Gasteiger partial charge in [0.25, 0.3) is 0 Å². The van der Waals surface area contributed by atoms with Crippen LogP contribution < -0.4 is 5.32 Å². The molecule has 4 nitrogen and oxygen atoms in total. The van der Waals surface area contributed by atoms with Crippen molar-refractivity contribution in [3.63, 3.8) is 0 Å². The van der Waals surface area contributed by atoms with Crippen molar-refractivity contribution >= 4 is 21.7 Å². The quantitative estimate of drug-likeness (QED) is 0.819. The molecular formula is C14H22BrN3O. The molecule has 0 aromatic carbocycles. The van der Waals surface area contributed by atoms with Crippen LogP contribution in [-0.2, 0) is 5.41 Å². The van der Waals surface area contributed by atoms with Crippen LogP contribution in [-0.4, -0.2) is 27.2 Å². The van der Waals surface area contributed by atoms with Crippen molar-refractivity contribution in [1.82, 2.24) is 9.97 Å². The zero-order valence-electron chi connectivity index (χ0n) is 12.2. The van der Waals surface area contributed by atoms with E-state index in [0.717, 1.165) is 22.7 Å². The summed E-state index contributed by atoms with van der Waals surface area (Å²) in [6.45, 7) is 10.4. The average molecular weight is 328 g/mol. The van der Waals surface area contributed by atoms with Crippen LogP contribution in [0.1, 0.15) is 46.9 Å². The molecule has 0 amide bonds. The van der Waals surface area contributed by atoms with Gasteiger partial charge < -0.3 is 10.4 Å². The van der Waals surface area contributed by atoms with Gasteiger partial charge in [0.2, 0.25) is 0 Å². The number of hydrogen-bond donors (Lipinski definition) is 2. The molecular weight excluding hydrogens is 306 g/mol. The van der Waals surface area contributed by atoms with E-state index < -0.39 is 0 Å². The lowest BCUT2D eigenvalue weighted by molar-refractivity contribution is -0.0511. The van der Waals surface area contributed by atoms with Crippen LogP contribution in [0.2, 0.25) is 0 Å². The molecule has 1 saturated carbocycles. The second-order valence-corrected chi connectivity index (χ2v) is 7.73. The maximum Gasteiger partial charge on any atom is 0.137 e. The Morgan fingerprint density at radius 2 is 2.00 bits per heavy atom. The summed E-state index contributed by atoms with van der Waals surface area (Å²) in [5, 5.41) is 13.2. The van der Waals surface area contributed by atoms with E-state index in [1.165, 1.54) is 0 Å². The Hall–Kier alpha value is -0.680. The first-order chi connectivity index (χ1) is 8.60. The molecule has 1 aromatic heterocycles. The van der Waals surface area contributed by atoms with E-state index in [9.17, 15) is 5.11 Å². The van der Waals surface area contributed by atoms with Crippen molar-refractivity contribution in [1.29, 1.82) is 0 Å². The number of hydrogen-bond acceptors (Lipinski definition) is 4. The lowest BCUT2D eigenvalue weighted by Gasteiger charge is -2.49. The van der Waals surface area contributed by atoms with Crippen LogP contribution in [0.15, 0.2) is 10.7 Å². The minimum atomic E-state index is -0.239. The zero-order chi connectivity index (χ0) is 14.4. The molecule has 1 fully saturated rings. The van der Waals surface area contributed by atoms with Gasteiger partial charge in [0.05, 0.1) is 6.10 Å². The maximum absolute atomic E-state index is 9.78. The number of rotatable bonds is 2. The van der Waals surface area contributed by atoms with Crippen LogP contribution in [0.25, 0.3) is 0 Å². The van der Waals surface area contributed by atoms with E-state index in [2.05, 4.69) is 65.8 Å². The van der Waals surface area contributed by atoms with E-state index >= 15 is 0 Å². The summed E-state index contributed by atoms with van der Waals surface area (Å²) in [4.78, 5) is 9.01. The topological polar surface area (TPSA) is 58.0 Å². The Morgan fingerprint density at radius 1 is 1.37 bits per heavy atom. The summed E-state index contributed by atoms with van der Waals surface area (Å²) in [6.07, 6.45) is 0.525. The van der Waals surface area contributed by atoms with E-state index in [-0.39, 0.29) is 23.0 Å². The second kappa shape index (κ2) is 4.70. The molecule has 2 unspecified atom stereocenters. The molecule has 0 spiro atoms. The molecule has 19 heavy (non-hydrogen) atoms. The van der Waals surface area contributed by atoms with Gasteiger partial charge in [0.1, 0.15) is 16.2 Å². The van der Waals surface area contributed by atoms with Crippen molar-refractivity contribution in [3.05, 3.63) is 16.5 Å². The van der Waals surface area contributed by atoms with Crippen LogP contribution in [0.4, 0.5) is 5.82 Å². The average Bonchev–Trinajstić information content (AvgIpc) is 2.27. The number of aromatic nitrogens is 2. The Bertz CT molecular complexity index is 482. The van der Waals surface area contributed by atoms with Gasteiger partial charge in [-0.2, -0.15) is 0 Å². The van der Waals surface area contributed by atoms with Gasteiger partial charge in [-0.15, -0.1) is 0 Å². The third-order valence-corrected chi connectivity index (χ3v) is 4.31. The lowest BCUT2D eigenvalue weighted by atomic mass is 9.64. The molecule has 0 saturated heterocycles. The fraction of sp³-hybridized carbons (Fsp3) is 0.714. The van der Waals surface area contributed by atoms with E-state index in [4.69, 9.17) is 0 Å². The predicted octanol–water partition coefficient (Wildman–Crippen LogP) is 3.11. The minimum Gasteiger partial charge on any atom is -0.392 e. The minimum absolute atomic E-state index is 0.0884. The molecule has 0 bridgehead atoms. The number of nitrogens with one attached hydrogen (secondary N) is 1. The Balaban J connectivity index is 2.20. The molecule has 2 rings (SSSR count). The normalized spacial score (nSPS) is 25.8. The van der Waals surface area contributed by atoms with Crippen LogP contribution >= 0.6 is 15.9 Å². The highest BCUT2D eigenvalue weighted by Gasteiger charge is 2.47. The summed E-state index contributed by atoms with van der Waals surface area (Å²) < 4.78 is 0.785. The van der Waals surface area contributed by atoms with Gasteiger partial charge in [0, 0.05) is 22.9 Å². The molecule has 2 atom stereocenters. The first kappa shape index (κ1) is 14.7. The van der Waals surface area contributed by atoms with E-state index in [1.54, 1.807) is 0 Å². The molecule has 106 valence electrons. The molecule has 1 aliphatic carbocycles. The highest BCUT2D eigenvalue weighted by atomic mass is 79.9. The zero-order valence-corrected chi connectivity index (χ0v) is 13.7. The smallest absolute Gasteiger partial charge is 0.137 e. The number of halogens is 1. The molecule has 0 radical (unpaired) electrons. The summed E-state index contributed by atoms with van der Waals surface area (Å²) in [5.41, 5.74) is -0.200. The Kier molecular flexibility index (Phi) is 3.64. The number of nitrogens with zero attached hydrogens (tertiary/aromatic N) is 2. The lowest BCUT2D eigenvalue weighted by Crippen LogP contribution is -2.57. The fourth-order valence-corrected chi connectivity index (χ4v) is 2.54.